The predicted octanol–water partition coefficient (Wildman–Crippen LogP) is 3.81. The summed E-state index contributed by atoms with van der Waals surface area (Å²) in [4.78, 5) is 0. The molecule has 2 nitrogen and oxygen atoms in total. The SMILES string of the molecule is C[C@H](O)c1cccc(OCc2ccc3c(c2)CCC3)c1. The third kappa shape index (κ3) is 2.86. The number of aliphatic hydroxyl groups is 1. The highest BCUT2D eigenvalue weighted by Gasteiger charge is 2.11. The molecule has 0 spiro atoms. The lowest BCUT2D eigenvalue weighted by Gasteiger charge is -2.10. The smallest absolute Gasteiger partial charge is 0.120 e. The average molecular weight is 268 g/mol. The highest BCUT2D eigenvalue weighted by Crippen LogP contribution is 2.24. The molecule has 1 N–H and O–H groups in total. The standard InChI is InChI=1S/C18H20O2/c1-13(19)16-5-3-7-18(11-16)20-12-14-8-9-15-4-2-6-17(15)10-14/h3,5,7-11,13,19H,2,4,6,12H2,1H3/t13-/m0/s1. The average Bonchev–Trinajstić information content (AvgIpc) is 2.93. The van der Waals surface area contributed by atoms with Gasteiger partial charge in [0.05, 0.1) is 6.10 Å². The topological polar surface area (TPSA) is 29.5 Å². The van der Waals surface area contributed by atoms with Gasteiger partial charge in [-0.3, -0.25) is 0 Å². The monoisotopic (exact) mass is 268 g/mol. The van der Waals surface area contributed by atoms with E-state index in [4.69, 9.17) is 4.74 Å². The number of hydrogen-bond acceptors (Lipinski definition) is 2. The van der Waals surface area contributed by atoms with Crippen LogP contribution in [0.2, 0.25) is 0 Å². The summed E-state index contributed by atoms with van der Waals surface area (Å²) in [5.74, 6) is 0.809. The molecular formula is C18H20O2. The van der Waals surface area contributed by atoms with Gasteiger partial charge in [-0.1, -0.05) is 30.3 Å². The predicted molar refractivity (Wildman–Crippen MR) is 79.9 cm³/mol. The van der Waals surface area contributed by atoms with Crippen molar-refractivity contribution in [2.75, 3.05) is 0 Å². The molecule has 2 aromatic rings. The number of fused-ring (bicyclic) bond motifs is 1. The molecular weight excluding hydrogens is 248 g/mol. The van der Waals surface area contributed by atoms with Gasteiger partial charge in [0, 0.05) is 0 Å². The first-order valence-corrected chi connectivity index (χ1v) is 7.24. The summed E-state index contributed by atoms with van der Waals surface area (Å²) in [5, 5.41) is 9.58. The lowest BCUT2D eigenvalue weighted by molar-refractivity contribution is 0.198. The van der Waals surface area contributed by atoms with Crippen LogP contribution in [-0.2, 0) is 19.4 Å². The fraction of sp³-hybridized carbons (Fsp3) is 0.333. The Morgan fingerprint density at radius 2 is 1.95 bits per heavy atom. The number of aryl methyl sites for hydroxylation is 2. The molecule has 0 aliphatic heterocycles. The maximum atomic E-state index is 9.58. The van der Waals surface area contributed by atoms with Crippen molar-refractivity contribution in [3.8, 4) is 5.75 Å². The summed E-state index contributed by atoms with van der Waals surface area (Å²) < 4.78 is 5.83. The zero-order valence-electron chi connectivity index (χ0n) is 11.8. The van der Waals surface area contributed by atoms with Gasteiger partial charge >= 0.3 is 0 Å². The summed E-state index contributed by atoms with van der Waals surface area (Å²) in [6, 6.07) is 14.3. The van der Waals surface area contributed by atoms with E-state index in [0.29, 0.717) is 6.61 Å². The van der Waals surface area contributed by atoms with E-state index in [9.17, 15) is 5.11 Å². The molecule has 20 heavy (non-hydrogen) atoms. The van der Waals surface area contributed by atoms with Gasteiger partial charge in [-0.15, -0.1) is 0 Å². The lowest BCUT2D eigenvalue weighted by atomic mass is 10.1. The molecule has 0 saturated heterocycles. The van der Waals surface area contributed by atoms with E-state index >= 15 is 0 Å². The van der Waals surface area contributed by atoms with Crippen LogP contribution >= 0.6 is 0 Å². The van der Waals surface area contributed by atoms with Crippen molar-refractivity contribution in [3.63, 3.8) is 0 Å². The first-order chi connectivity index (χ1) is 9.72. The Bertz CT molecular complexity index is 602. The second-order valence-electron chi connectivity index (χ2n) is 5.49. The fourth-order valence-corrected chi connectivity index (χ4v) is 2.75. The van der Waals surface area contributed by atoms with Gasteiger partial charge in [0.25, 0.3) is 0 Å². The Kier molecular flexibility index (Phi) is 3.75. The van der Waals surface area contributed by atoms with E-state index in [0.717, 1.165) is 11.3 Å². The van der Waals surface area contributed by atoms with Gasteiger partial charge in [0.1, 0.15) is 12.4 Å². The van der Waals surface area contributed by atoms with Crippen molar-refractivity contribution < 1.29 is 9.84 Å². The number of rotatable bonds is 4. The first-order valence-electron chi connectivity index (χ1n) is 7.24. The summed E-state index contributed by atoms with van der Waals surface area (Å²) in [7, 11) is 0. The molecule has 1 atom stereocenters. The van der Waals surface area contributed by atoms with Gasteiger partial charge in [-0.05, 0) is 60.6 Å². The van der Waals surface area contributed by atoms with Crippen LogP contribution in [0.15, 0.2) is 42.5 Å². The van der Waals surface area contributed by atoms with Crippen molar-refractivity contribution in [2.45, 2.75) is 38.9 Å². The molecule has 0 saturated carbocycles. The molecule has 0 bridgehead atoms. The molecule has 0 unspecified atom stereocenters. The largest absolute Gasteiger partial charge is 0.489 e. The van der Waals surface area contributed by atoms with E-state index in [2.05, 4.69) is 18.2 Å². The number of hydrogen-bond donors (Lipinski definition) is 1. The van der Waals surface area contributed by atoms with Crippen molar-refractivity contribution in [3.05, 3.63) is 64.7 Å². The first kappa shape index (κ1) is 13.2. The molecule has 2 aromatic carbocycles. The van der Waals surface area contributed by atoms with Crippen LogP contribution in [0.3, 0.4) is 0 Å². The normalized spacial score (nSPS) is 14.9. The van der Waals surface area contributed by atoms with Crippen LogP contribution in [0, 0.1) is 0 Å². The molecule has 2 heteroatoms. The van der Waals surface area contributed by atoms with E-state index in [1.807, 2.05) is 24.3 Å². The molecule has 0 fully saturated rings. The van der Waals surface area contributed by atoms with Crippen LogP contribution in [-0.4, -0.2) is 5.11 Å². The van der Waals surface area contributed by atoms with Gasteiger partial charge in [-0.2, -0.15) is 0 Å². The maximum Gasteiger partial charge on any atom is 0.120 e. The van der Waals surface area contributed by atoms with E-state index in [1.54, 1.807) is 6.92 Å². The molecule has 3 rings (SSSR count). The number of ether oxygens (including phenoxy) is 1. The van der Waals surface area contributed by atoms with Crippen LogP contribution in [0.1, 0.15) is 41.7 Å². The van der Waals surface area contributed by atoms with E-state index < -0.39 is 6.10 Å². The van der Waals surface area contributed by atoms with Gasteiger partial charge in [-0.25, -0.2) is 0 Å². The van der Waals surface area contributed by atoms with E-state index in [-0.39, 0.29) is 0 Å². The Balaban J connectivity index is 1.69. The minimum atomic E-state index is -0.460. The summed E-state index contributed by atoms with van der Waals surface area (Å²) in [6.45, 7) is 2.34. The van der Waals surface area contributed by atoms with E-state index in [1.165, 1.54) is 36.0 Å². The minimum Gasteiger partial charge on any atom is -0.489 e. The van der Waals surface area contributed by atoms with Crippen LogP contribution < -0.4 is 4.74 Å². The van der Waals surface area contributed by atoms with Gasteiger partial charge in [0.15, 0.2) is 0 Å². The second kappa shape index (κ2) is 5.68. The van der Waals surface area contributed by atoms with Crippen LogP contribution in [0.5, 0.6) is 5.75 Å². The van der Waals surface area contributed by atoms with Crippen molar-refractivity contribution >= 4 is 0 Å². The third-order valence-corrected chi connectivity index (χ3v) is 3.91. The molecule has 0 amide bonds. The Morgan fingerprint density at radius 1 is 1.10 bits per heavy atom. The molecule has 1 aliphatic carbocycles. The van der Waals surface area contributed by atoms with Gasteiger partial charge < -0.3 is 9.84 Å². The minimum absolute atomic E-state index is 0.460. The highest BCUT2D eigenvalue weighted by molar-refractivity contribution is 5.35. The molecule has 0 radical (unpaired) electrons. The van der Waals surface area contributed by atoms with Crippen molar-refractivity contribution in [1.29, 1.82) is 0 Å². The zero-order valence-corrected chi connectivity index (χ0v) is 11.8. The number of benzene rings is 2. The lowest BCUT2D eigenvalue weighted by Crippen LogP contribution is -1.98. The molecule has 104 valence electrons. The summed E-state index contributed by atoms with van der Waals surface area (Å²) in [5.41, 5.74) is 5.07. The van der Waals surface area contributed by atoms with Crippen molar-refractivity contribution in [2.24, 2.45) is 0 Å². The summed E-state index contributed by atoms with van der Waals surface area (Å²) in [6.07, 6.45) is 3.22. The maximum absolute atomic E-state index is 9.58. The van der Waals surface area contributed by atoms with Gasteiger partial charge in [0.2, 0.25) is 0 Å². The van der Waals surface area contributed by atoms with Crippen LogP contribution in [0.25, 0.3) is 0 Å². The molecule has 0 aromatic heterocycles. The Hall–Kier alpha value is -1.80. The quantitative estimate of drug-likeness (QED) is 0.913. The molecule has 1 aliphatic rings. The fourth-order valence-electron chi connectivity index (χ4n) is 2.75. The Morgan fingerprint density at radius 3 is 2.80 bits per heavy atom. The molecule has 0 heterocycles. The zero-order chi connectivity index (χ0) is 13.9. The third-order valence-electron chi connectivity index (χ3n) is 3.91. The summed E-state index contributed by atoms with van der Waals surface area (Å²) >= 11 is 0. The highest BCUT2D eigenvalue weighted by atomic mass is 16.5. The Labute approximate surface area is 120 Å². The van der Waals surface area contributed by atoms with Crippen LogP contribution in [0.4, 0.5) is 0 Å². The van der Waals surface area contributed by atoms with Crippen molar-refractivity contribution in [1.82, 2.24) is 0 Å². The second-order valence-corrected chi connectivity index (χ2v) is 5.49. The number of aliphatic hydroxyl groups excluding tert-OH is 1.